The Balaban J connectivity index is 2.07. The van der Waals surface area contributed by atoms with Crippen molar-refractivity contribution in [1.82, 2.24) is 9.97 Å². The Morgan fingerprint density at radius 1 is 1.47 bits per heavy atom. The summed E-state index contributed by atoms with van der Waals surface area (Å²) in [6.45, 7) is 1.56. The zero-order valence-electron chi connectivity index (χ0n) is 8.74. The van der Waals surface area contributed by atoms with E-state index in [0.29, 0.717) is 18.4 Å². The van der Waals surface area contributed by atoms with E-state index in [0.717, 1.165) is 24.3 Å². The van der Waals surface area contributed by atoms with Crippen LogP contribution in [0.3, 0.4) is 0 Å². The van der Waals surface area contributed by atoms with E-state index in [1.807, 2.05) is 0 Å². The van der Waals surface area contributed by atoms with Crippen molar-refractivity contribution in [3.8, 4) is 0 Å². The number of nitrogens with zero attached hydrogens (tertiary/aromatic N) is 2. The molecule has 5 heteroatoms. The summed E-state index contributed by atoms with van der Waals surface area (Å²) in [6, 6.07) is 0. The van der Waals surface area contributed by atoms with Gasteiger partial charge in [-0.05, 0) is 25.8 Å². The largest absolute Gasteiger partial charge is 0.382 e. The fraction of sp³-hybridized carbons (Fsp3) is 0.600. The lowest BCUT2D eigenvalue weighted by molar-refractivity contribution is 0.867. The second-order valence-electron chi connectivity index (χ2n) is 3.87. The maximum atomic E-state index is 5.58. The van der Waals surface area contributed by atoms with Crippen LogP contribution >= 0.6 is 0 Å². The number of aromatic nitrogens is 2. The van der Waals surface area contributed by atoms with Gasteiger partial charge >= 0.3 is 0 Å². The van der Waals surface area contributed by atoms with E-state index in [-0.39, 0.29) is 0 Å². The van der Waals surface area contributed by atoms with Gasteiger partial charge in [0, 0.05) is 12.5 Å². The Bertz CT molecular complexity index is 335. The van der Waals surface area contributed by atoms with E-state index in [1.165, 1.54) is 12.8 Å². The Labute approximate surface area is 89.3 Å². The number of rotatable bonds is 5. The lowest BCUT2D eigenvalue weighted by Crippen LogP contribution is -2.11. The van der Waals surface area contributed by atoms with Crippen molar-refractivity contribution in [2.45, 2.75) is 25.2 Å². The van der Waals surface area contributed by atoms with Crippen molar-refractivity contribution < 1.29 is 0 Å². The fourth-order valence-electron chi connectivity index (χ4n) is 1.54. The van der Waals surface area contributed by atoms with Crippen molar-refractivity contribution in [2.24, 2.45) is 5.73 Å². The van der Waals surface area contributed by atoms with Gasteiger partial charge in [-0.3, -0.25) is 0 Å². The predicted molar refractivity (Wildman–Crippen MR) is 60.6 cm³/mol. The number of nitrogen functional groups attached to an aromatic ring is 1. The van der Waals surface area contributed by atoms with E-state index in [1.54, 1.807) is 6.20 Å². The summed E-state index contributed by atoms with van der Waals surface area (Å²) >= 11 is 0. The van der Waals surface area contributed by atoms with Crippen LogP contribution < -0.4 is 16.8 Å². The summed E-state index contributed by atoms with van der Waals surface area (Å²) in [5.74, 6) is 0.942. The molecule has 5 nitrogen and oxygen atoms in total. The summed E-state index contributed by atoms with van der Waals surface area (Å²) in [7, 11) is 0. The van der Waals surface area contributed by atoms with Gasteiger partial charge in [-0.15, -0.1) is 0 Å². The van der Waals surface area contributed by atoms with Crippen molar-refractivity contribution in [2.75, 3.05) is 24.1 Å². The molecule has 0 amide bonds. The minimum absolute atomic E-state index is 0.362. The van der Waals surface area contributed by atoms with Crippen LogP contribution in [0.5, 0.6) is 0 Å². The number of hydrogen-bond donors (Lipinski definition) is 3. The first-order valence-electron chi connectivity index (χ1n) is 5.37. The van der Waals surface area contributed by atoms with E-state index in [4.69, 9.17) is 11.5 Å². The van der Waals surface area contributed by atoms with Gasteiger partial charge in [0.25, 0.3) is 0 Å². The topological polar surface area (TPSA) is 89.8 Å². The van der Waals surface area contributed by atoms with Gasteiger partial charge in [-0.1, -0.05) is 0 Å². The molecule has 0 atom stereocenters. The van der Waals surface area contributed by atoms with Gasteiger partial charge < -0.3 is 16.8 Å². The molecular weight excluding hydrogens is 190 g/mol. The molecule has 0 radical (unpaired) electrons. The van der Waals surface area contributed by atoms with Crippen LogP contribution in [0.25, 0.3) is 0 Å². The molecule has 0 unspecified atom stereocenters. The molecule has 2 rings (SSSR count). The molecule has 1 aliphatic carbocycles. The third-order valence-electron chi connectivity index (χ3n) is 2.50. The van der Waals surface area contributed by atoms with Crippen molar-refractivity contribution >= 4 is 11.6 Å². The molecule has 1 aromatic rings. The summed E-state index contributed by atoms with van der Waals surface area (Å²) in [6.07, 6.45) is 5.14. The molecule has 0 spiro atoms. The Morgan fingerprint density at radius 2 is 2.27 bits per heavy atom. The van der Waals surface area contributed by atoms with Crippen molar-refractivity contribution in [3.05, 3.63) is 11.9 Å². The first kappa shape index (κ1) is 10.2. The molecule has 15 heavy (non-hydrogen) atoms. The molecule has 1 aromatic heterocycles. The maximum Gasteiger partial charge on any atom is 0.220 e. The first-order valence-corrected chi connectivity index (χ1v) is 5.37. The van der Waals surface area contributed by atoms with E-state index < -0.39 is 0 Å². The SMILES string of the molecule is NCCCNc1cnc(N)nc1C1CC1. The number of anilines is 2. The van der Waals surface area contributed by atoms with Crippen LogP contribution in [0.4, 0.5) is 11.6 Å². The Kier molecular flexibility index (Phi) is 3.01. The number of hydrogen-bond acceptors (Lipinski definition) is 5. The molecule has 0 aromatic carbocycles. The molecule has 1 heterocycles. The summed E-state index contributed by atoms with van der Waals surface area (Å²) < 4.78 is 0. The minimum Gasteiger partial charge on any atom is -0.382 e. The van der Waals surface area contributed by atoms with Crippen LogP contribution in [-0.2, 0) is 0 Å². The monoisotopic (exact) mass is 207 g/mol. The van der Waals surface area contributed by atoms with Crippen LogP contribution in [-0.4, -0.2) is 23.1 Å². The van der Waals surface area contributed by atoms with Crippen LogP contribution in [0, 0.1) is 0 Å². The second kappa shape index (κ2) is 4.44. The third kappa shape index (κ3) is 2.56. The molecule has 1 saturated carbocycles. The molecule has 82 valence electrons. The highest BCUT2D eigenvalue weighted by molar-refractivity contribution is 5.50. The van der Waals surface area contributed by atoms with Gasteiger partial charge in [-0.2, -0.15) is 0 Å². The average Bonchev–Trinajstić information content (AvgIpc) is 3.04. The van der Waals surface area contributed by atoms with Crippen LogP contribution in [0.1, 0.15) is 30.9 Å². The van der Waals surface area contributed by atoms with Crippen molar-refractivity contribution in [3.63, 3.8) is 0 Å². The highest BCUT2D eigenvalue weighted by atomic mass is 15.0. The zero-order valence-corrected chi connectivity index (χ0v) is 8.74. The highest BCUT2D eigenvalue weighted by Crippen LogP contribution is 2.42. The van der Waals surface area contributed by atoms with Crippen LogP contribution in [0.2, 0.25) is 0 Å². The zero-order chi connectivity index (χ0) is 10.7. The molecule has 0 saturated heterocycles. The second-order valence-corrected chi connectivity index (χ2v) is 3.87. The van der Waals surface area contributed by atoms with Crippen LogP contribution in [0.15, 0.2) is 6.20 Å². The maximum absolute atomic E-state index is 5.58. The summed E-state index contributed by atoms with van der Waals surface area (Å²) in [5.41, 5.74) is 13.1. The van der Waals surface area contributed by atoms with Gasteiger partial charge in [0.15, 0.2) is 0 Å². The van der Waals surface area contributed by atoms with E-state index in [9.17, 15) is 0 Å². The molecular formula is C10H17N5. The fourth-order valence-corrected chi connectivity index (χ4v) is 1.54. The smallest absolute Gasteiger partial charge is 0.220 e. The Hall–Kier alpha value is -1.36. The van der Waals surface area contributed by atoms with Crippen molar-refractivity contribution in [1.29, 1.82) is 0 Å². The lowest BCUT2D eigenvalue weighted by atomic mass is 10.2. The van der Waals surface area contributed by atoms with Gasteiger partial charge in [-0.25, -0.2) is 9.97 Å². The highest BCUT2D eigenvalue weighted by Gasteiger charge is 2.28. The predicted octanol–water partition coefficient (Wildman–Crippen LogP) is 0.697. The molecule has 5 N–H and O–H groups in total. The van der Waals surface area contributed by atoms with Gasteiger partial charge in [0.2, 0.25) is 5.95 Å². The molecule has 1 fully saturated rings. The summed E-state index contributed by atoms with van der Waals surface area (Å²) in [4.78, 5) is 8.29. The normalized spacial score (nSPS) is 15.3. The van der Waals surface area contributed by atoms with Gasteiger partial charge in [0.05, 0.1) is 17.6 Å². The standard InChI is InChI=1S/C10H17N5/c11-4-1-5-13-8-6-14-10(12)15-9(8)7-2-3-7/h6-7,13H,1-5,11H2,(H2,12,14,15). The third-order valence-corrected chi connectivity index (χ3v) is 2.50. The van der Waals surface area contributed by atoms with E-state index in [2.05, 4.69) is 15.3 Å². The van der Waals surface area contributed by atoms with E-state index >= 15 is 0 Å². The molecule has 1 aliphatic rings. The molecule has 0 bridgehead atoms. The number of nitrogens with two attached hydrogens (primary N) is 2. The minimum atomic E-state index is 0.362. The number of nitrogens with one attached hydrogen (secondary N) is 1. The first-order chi connectivity index (χ1) is 7.31. The Morgan fingerprint density at radius 3 is 2.93 bits per heavy atom. The average molecular weight is 207 g/mol. The summed E-state index contributed by atoms with van der Waals surface area (Å²) in [5, 5.41) is 3.30. The van der Waals surface area contributed by atoms with Gasteiger partial charge in [0.1, 0.15) is 0 Å². The lowest BCUT2D eigenvalue weighted by Gasteiger charge is -2.09. The molecule has 0 aliphatic heterocycles. The quantitative estimate of drug-likeness (QED) is 0.618.